The van der Waals surface area contributed by atoms with Crippen LogP contribution in [0.5, 0.6) is 0 Å². The molecule has 0 radical (unpaired) electrons. The molecule has 7 nitrogen and oxygen atoms in total. The zero-order chi connectivity index (χ0) is 7.97. The minimum Gasteiger partial charge on any atom is -0.315 e. The van der Waals surface area contributed by atoms with Crippen LogP contribution < -0.4 is 10.6 Å². The second-order valence-electron chi connectivity index (χ2n) is 2.17. The van der Waals surface area contributed by atoms with Crippen LogP contribution in [0.3, 0.4) is 0 Å². The molecule has 2 aromatic heterocycles. The molecule has 3 heterocycles. The minimum atomic E-state index is 0.537. The number of hydrogen-bond donors (Lipinski definition) is 2. The first-order valence-electron chi connectivity index (χ1n) is 3.12. The van der Waals surface area contributed by atoms with E-state index in [9.17, 15) is 0 Å². The van der Waals surface area contributed by atoms with Gasteiger partial charge in [0.05, 0.1) is 11.7 Å². The number of hydrogen-bond acceptors (Lipinski definition) is 8. The van der Waals surface area contributed by atoms with Crippen molar-refractivity contribution in [1.29, 1.82) is 0 Å². The molecule has 1 aliphatic heterocycles. The van der Waals surface area contributed by atoms with Crippen LogP contribution in [0.15, 0.2) is 4.63 Å². The van der Waals surface area contributed by atoms with E-state index < -0.39 is 0 Å². The predicted octanol–water partition coefficient (Wildman–Crippen LogP) is 0.722. The van der Waals surface area contributed by atoms with E-state index >= 15 is 0 Å². The monoisotopic (exact) mass is 182 g/mol. The molecule has 0 saturated heterocycles. The highest BCUT2D eigenvalue weighted by Gasteiger charge is 2.21. The smallest absolute Gasteiger partial charge is 0.221 e. The Kier molecular flexibility index (Phi) is 0.939. The van der Waals surface area contributed by atoms with Gasteiger partial charge in [0, 0.05) is 0 Å². The Hall–Kier alpha value is -1.70. The molecular formula is C4H2N6OS. The van der Waals surface area contributed by atoms with E-state index in [1.54, 1.807) is 0 Å². The van der Waals surface area contributed by atoms with E-state index in [1.165, 1.54) is 0 Å². The molecule has 0 unspecified atom stereocenters. The highest BCUT2D eigenvalue weighted by molar-refractivity contribution is 6.99. The molecule has 8 heteroatoms. The summed E-state index contributed by atoms with van der Waals surface area (Å²) in [6, 6.07) is 0. The van der Waals surface area contributed by atoms with Crippen LogP contribution in [0.25, 0.3) is 0 Å². The van der Waals surface area contributed by atoms with E-state index in [4.69, 9.17) is 0 Å². The molecule has 0 aliphatic carbocycles. The van der Waals surface area contributed by atoms with Gasteiger partial charge < -0.3 is 10.6 Å². The lowest BCUT2D eigenvalue weighted by atomic mass is 10.4. The van der Waals surface area contributed by atoms with Crippen molar-refractivity contribution in [2.24, 2.45) is 0 Å². The Morgan fingerprint density at radius 2 is 1.50 bits per heavy atom. The molecular weight excluding hydrogens is 180 g/mol. The first kappa shape index (κ1) is 5.89. The van der Waals surface area contributed by atoms with Crippen molar-refractivity contribution >= 4 is 35.0 Å². The zero-order valence-electron chi connectivity index (χ0n) is 5.61. The van der Waals surface area contributed by atoms with Crippen LogP contribution in [0.2, 0.25) is 0 Å². The molecule has 3 rings (SSSR count). The van der Waals surface area contributed by atoms with Gasteiger partial charge in [-0.05, 0) is 10.3 Å². The van der Waals surface area contributed by atoms with Gasteiger partial charge in [0.25, 0.3) is 0 Å². The second-order valence-corrected chi connectivity index (χ2v) is 2.70. The highest BCUT2D eigenvalue weighted by atomic mass is 32.1. The molecule has 2 N–H and O–H groups in total. The molecule has 1 aliphatic rings. The van der Waals surface area contributed by atoms with Crippen molar-refractivity contribution in [2.75, 3.05) is 10.6 Å². The van der Waals surface area contributed by atoms with E-state index in [1.807, 2.05) is 0 Å². The van der Waals surface area contributed by atoms with Gasteiger partial charge in [-0.3, -0.25) is 0 Å². The van der Waals surface area contributed by atoms with Gasteiger partial charge >= 0.3 is 0 Å². The summed E-state index contributed by atoms with van der Waals surface area (Å²) in [7, 11) is 0. The highest BCUT2D eigenvalue weighted by Crippen LogP contribution is 2.33. The van der Waals surface area contributed by atoms with Crippen LogP contribution in [-0.4, -0.2) is 19.1 Å². The lowest BCUT2D eigenvalue weighted by molar-refractivity contribution is 0.311. The third-order valence-corrected chi connectivity index (χ3v) is 1.98. The largest absolute Gasteiger partial charge is 0.315 e. The van der Waals surface area contributed by atoms with Gasteiger partial charge in [0.1, 0.15) is 0 Å². The van der Waals surface area contributed by atoms with Crippen molar-refractivity contribution in [2.45, 2.75) is 0 Å². The molecule has 0 fully saturated rings. The SMILES string of the molecule is n1onc2c1Nc1nsnc1N2. The van der Waals surface area contributed by atoms with Gasteiger partial charge in [0.15, 0.2) is 11.6 Å². The molecule has 12 heavy (non-hydrogen) atoms. The fourth-order valence-corrected chi connectivity index (χ4v) is 1.40. The Morgan fingerprint density at radius 3 is 2.08 bits per heavy atom. The Balaban J connectivity index is 2.15. The number of anilines is 4. The van der Waals surface area contributed by atoms with Crippen LogP contribution in [0, 0.1) is 0 Å². The summed E-state index contributed by atoms with van der Waals surface area (Å²) in [6.45, 7) is 0. The zero-order valence-corrected chi connectivity index (χ0v) is 6.42. The van der Waals surface area contributed by atoms with Crippen molar-refractivity contribution in [1.82, 2.24) is 19.1 Å². The van der Waals surface area contributed by atoms with E-state index in [-0.39, 0.29) is 0 Å². The Morgan fingerprint density at radius 1 is 0.917 bits per heavy atom. The van der Waals surface area contributed by atoms with E-state index in [0.717, 1.165) is 11.7 Å². The molecule has 0 amide bonds. The molecule has 2 aromatic rings. The minimum absolute atomic E-state index is 0.537. The molecule has 0 aromatic carbocycles. The molecule has 0 saturated carbocycles. The molecule has 0 atom stereocenters. The van der Waals surface area contributed by atoms with Crippen molar-refractivity contribution in [3.8, 4) is 0 Å². The van der Waals surface area contributed by atoms with Crippen LogP contribution in [0.4, 0.5) is 23.3 Å². The number of fused-ring (bicyclic) bond motifs is 2. The first-order valence-corrected chi connectivity index (χ1v) is 3.86. The van der Waals surface area contributed by atoms with Crippen molar-refractivity contribution in [3.63, 3.8) is 0 Å². The molecule has 60 valence electrons. The van der Waals surface area contributed by atoms with E-state index in [0.29, 0.717) is 23.3 Å². The second kappa shape index (κ2) is 1.91. The average Bonchev–Trinajstić information content (AvgIpc) is 2.64. The predicted molar refractivity (Wildman–Crippen MR) is 40.8 cm³/mol. The normalized spacial score (nSPS) is 12.7. The van der Waals surface area contributed by atoms with Crippen molar-refractivity contribution < 1.29 is 4.63 Å². The summed E-state index contributed by atoms with van der Waals surface area (Å²) < 4.78 is 12.5. The van der Waals surface area contributed by atoms with Crippen LogP contribution in [0.1, 0.15) is 0 Å². The summed E-state index contributed by atoms with van der Waals surface area (Å²) in [4.78, 5) is 0. The maximum absolute atomic E-state index is 4.49. The van der Waals surface area contributed by atoms with Crippen LogP contribution in [-0.2, 0) is 0 Å². The summed E-state index contributed by atoms with van der Waals surface area (Å²) in [5.41, 5.74) is 0. The van der Waals surface area contributed by atoms with Crippen molar-refractivity contribution in [3.05, 3.63) is 0 Å². The average molecular weight is 182 g/mol. The van der Waals surface area contributed by atoms with Gasteiger partial charge in [-0.2, -0.15) is 8.75 Å². The Bertz CT molecular complexity index is 347. The summed E-state index contributed by atoms with van der Waals surface area (Å²) in [5, 5.41) is 13.0. The molecule has 0 spiro atoms. The quantitative estimate of drug-likeness (QED) is 0.529. The van der Waals surface area contributed by atoms with Gasteiger partial charge in [-0.15, -0.1) is 0 Å². The number of nitrogens with one attached hydrogen (secondary N) is 2. The summed E-state index contributed by atoms with van der Waals surface area (Å²) in [5.74, 6) is 2.39. The standard InChI is InChI=1S/C4H2N6OS/c5-1-2(8-11-7-1)6-4-3(5)9-12-10-4/h(H,5,7,9)(H,6,8,10). The summed E-state index contributed by atoms with van der Waals surface area (Å²) >= 11 is 1.12. The van der Waals surface area contributed by atoms with E-state index in [2.05, 4.69) is 34.3 Å². The van der Waals surface area contributed by atoms with Gasteiger partial charge in [0.2, 0.25) is 11.6 Å². The van der Waals surface area contributed by atoms with Crippen LogP contribution >= 0.6 is 11.7 Å². The topological polar surface area (TPSA) is 88.8 Å². The van der Waals surface area contributed by atoms with Gasteiger partial charge in [-0.25, -0.2) is 4.63 Å². The fourth-order valence-electron chi connectivity index (χ4n) is 0.929. The Labute approximate surface area is 70.1 Å². The maximum Gasteiger partial charge on any atom is 0.221 e. The number of nitrogens with zero attached hydrogens (tertiary/aromatic N) is 4. The lowest BCUT2D eigenvalue weighted by Gasteiger charge is -2.08. The summed E-state index contributed by atoms with van der Waals surface area (Å²) in [6.07, 6.45) is 0. The number of rotatable bonds is 0. The van der Waals surface area contributed by atoms with Gasteiger partial charge in [-0.1, -0.05) is 0 Å². The lowest BCUT2D eigenvalue weighted by Crippen LogP contribution is -2.05. The fraction of sp³-hybridized carbons (Fsp3) is 0. The first-order chi connectivity index (χ1) is 5.93. The molecule has 0 bridgehead atoms. The third-order valence-electron chi connectivity index (χ3n) is 1.45. The third kappa shape index (κ3) is 0.639. The maximum atomic E-state index is 4.49. The number of aromatic nitrogens is 4.